The summed E-state index contributed by atoms with van der Waals surface area (Å²) in [4.78, 5) is 7.37. The average Bonchev–Trinajstić information content (AvgIpc) is 2.10. The van der Waals surface area contributed by atoms with Gasteiger partial charge in [0.05, 0.1) is 0 Å². The van der Waals surface area contributed by atoms with E-state index in [0.29, 0.717) is 0 Å². The zero-order valence-electron chi connectivity index (χ0n) is 5.16. The molecule has 72 valence electrons. The summed E-state index contributed by atoms with van der Waals surface area (Å²) in [5, 5.41) is 29.6. The zero-order valence-corrected chi connectivity index (χ0v) is 5.16. The molecule has 12 nitrogen and oxygen atoms in total. The molecule has 0 aromatic rings. The van der Waals surface area contributed by atoms with Gasteiger partial charge in [-0.15, -0.1) is 0 Å². The molecule has 0 rings (SSSR count). The molecule has 0 spiro atoms. The number of hydrogen-bond acceptors (Lipinski definition) is 12. The van der Waals surface area contributed by atoms with Crippen LogP contribution in [0.1, 0.15) is 0 Å². The highest BCUT2D eigenvalue weighted by Gasteiger charge is 1.92. The van der Waals surface area contributed by atoms with Crippen molar-refractivity contribution >= 4 is 0 Å². The van der Waals surface area contributed by atoms with Gasteiger partial charge in [0.15, 0.2) is 0 Å². The van der Waals surface area contributed by atoms with E-state index in [-0.39, 0.29) is 0 Å². The summed E-state index contributed by atoms with van der Waals surface area (Å²) in [6, 6.07) is 0. The molecule has 3 N–H and O–H groups in total. The first-order chi connectivity index (χ1) is 5.91. The monoisotopic (exact) mass is 189 g/mol. The Morgan fingerprint density at radius 2 is 1.75 bits per heavy atom. The quantitative estimate of drug-likeness (QED) is 0.187. The van der Waals surface area contributed by atoms with Crippen LogP contribution in [0.3, 0.4) is 0 Å². The van der Waals surface area contributed by atoms with Crippen LogP contribution in [0.5, 0.6) is 0 Å². The number of hydrogen-bond donors (Lipinski definition) is 3. The highest BCUT2D eigenvalue weighted by atomic mass is 17.9. The Labute approximate surface area is 63.2 Å². The Bertz CT molecular complexity index is 93.8. The molecule has 0 saturated heterocycles. The molecule has 0 fully saturated rings. The summed E-state index contributed by atoms with van der Waals surface area (Å²) < 4.78 is 0. The maximum absolute atomic E-state index is 7.42. The Hall–Kier alpha value is -0.960. The molecule has 0 heterocycles. The number of rotatable bonds is 9. The lowest BCUT2D eigenvalue weighted by Crippen LogP contribution is -2.12. The summed E-state index contributed by atoms with van der Waals surface area (Å²) in [5.74, 6) is 0. The molecule has 0 aliphatic rings. The molecule has 0 aliphatic heterocycles. The molecular weight excluding hydrogens is 186 g/mol. The molecular formula is H3N3O9. The van der Waals surface area contributed by atoms with Gasteiger partial charge in [-0.25, -0.2) is 5.26 Å². The molecule has 0 bridgehead atoms. The van der Waals surface area contributed by atoms with Crippen LogP contribution >= 0.6 is 0 Å². The second-order valence-electron chi connectivity index (χ2n) is 0.764. The standard InChI is InChI=1S/H3N3O9/c1-2-5-3-6-8-10-12-11-9-7-4/h1,3-4H. The van der Waals surface area contributed by atoms with Crippen LogP contribution in [-0.4, -0.2) is 5.26 Å². The maximum Gasteiger partial charge on any atom is 0.0432 e. The summed E-state index contributed by atoms with van der Waals surface area (Å²) in [7, 11) is 0. The van der Waals surface area contributed by atoms with Crippen LogP contribution in [0.4, 0.5) is 0 Å². The lowest BCUT2D eigenvalue weighted by atomic mass is 12.9. The minimum atomic E-state index is 1.47. The summed E-state index contributed by atoms with van der Waals surface area (Å²) in [6.45, 7) is 0. The Morgan fingerprint density at radius 3 is 2.42 bits per heavy atom. The minimum absolute atomic E-state index is 1.47. The Kier molecular flexibility index (Phi) is 9.24. The van der Waals surface area contributed by atoms with Crippen LogP contribution in [0.2, 0.25) is 0 Å². The minimum Gasteiger partial charge on any atom is -0.251 e. The van der Waals surface area contributed by atoms with Gasteiger partial charge in [0.2, 0.25) is 0 Å². The van der Waals surface area contributed by atoms with Crippen molar-refractivity contribution in [2.45, 2.75) is 0 Å². The highest BCUT2D eigenvalue weighted by molar-refractivity contribution is 3.53. The normalized spacial score (nSPS) is 9.75. The lowest BCUT2D eigenvalue weighted by Gasteiger charge is -1.96. The second-order valence-corrected chi connectivity index (χ2v) is 0.764. The van der Waals surface area contributed by atoms with E-state index in [4.69, 9.17) is 10.8 Å². The van der Waals surface area contributed by atoms with Gasteiger partial charge < -0.3 is 0 Å². The molecule has 0 radical (unpaired) electrons. The van der Waals surface area contributed by atoms with E-state index in [9.17, 15) is 0 Å². The third kappa shape index (κ3) is 9.04. The summed E-state index contributed by atoms with van der Waals surface area (Å²) >= 11 is 0. The van der Waals surface area contributed by atoms with E-state index in [1.165, 1.54) is 5.64 Å². The van der Waals surface area contributed by atoms with Crippen molar-refractivity contribution in [3.05, 3.63) is 0 Å². The van der Waals surface area contributed by atoms with Crippen LogP contribution in [0.25, 0.3) is 0 Å². The van der Waals surface area contributed by atoms with Crippen molar-refractivity contribution in [1.29, 1.82) is 5.53 Å². The zero-order chi connectivity index (χ0) is 9.07. The number of nitrogens with one attached hydrogen (secondary N) is 2. The fraction of sp³-hybridized carbons (Fsp3) is 0. The summed E-state index contributed by atoms with van der Waals surface area (Å²) in [6.07, 6.45) is 0. The molecule has 0 unspecified atom stereocenters. The number of nitrogens with zero attached hydrogens (tertiary/aromatic N) is 1. The molecule has 0 aromatic heterocycles. The van der Waals surface area contributed by atoms with Gasteiger partial charge in [-0.1, -0.05) is 4.99 Å². The predicted molar refractivity (Wildman–Crippen MR) is 19.6 cm³/mol. The van der Waals surface area contributed by atoms with Crippen LogP contribution in [0, 0.1) is 5.53 Å². The first kappa shape index (κ1) is 11.0. The van der Waals surface area contributed by atoms with E-state index in [0.717, 1.165) is 0 Å². The van der Waals surface area contributed by atoms with Crippen molar-refractivity contribution in [1.82, 2.24) is 5.64 Å². The highest BCUT2D eigenvalue weighted by Crippen LogP contribution is 1.84. The van der Waals surface area contributed by atoms with Gasteiger partial charge in [0.25, 0.3) is 0 Å². The molecule has 12 heteroatoms. The molecule has 12 heavy (non-hydrogen) atoms. The van der Waals surface area contributed by atoms with Crippen molar-refractivity contribution in [3.8, 4) is 0 Å². The lowest BCUT2D eigenvalue weighted by molar-refractivity contribution is -0.817. The SMILES string of the molecule is N=NONOOOOOOOO. The van der Waals surface area contributed by atoms with Crippen LogP contribution in [0.15, 0.2) is 5.28 Å². The molecule has 0 saturated carbocycles. The van der Waals surface area contributed by atoms with Gasteiger partial charge in [0, 0.05) is 10.9 Å². The van der Waals surface area contributed by atoms with Crippen LogP contribution in [-0.2, 0) is 40.2 Å². The van der Waals surface area contributed by atoms with Crippen molar-refractivity contribution in [2.75, 3.05) is 0 Å². The third-order valence-corrected chi connectivity index (χ3v) is 0.292. The van der Waals surface area contributed by atoms with Gasteiger partial charge in [0.1, 0.15) is 0 Å². The van der Waals surface area contributed by atoms with E-state index < -0.39 is 0 Å². The molecule has 0 atom stereocenters. The van der Waals surface area contributed by atoms with Gasteiger partial charge in [-0.05, 0) is 30.2 Å². The predicted octanol–water partition coefficient (Wildman–Crippen LogP) is -0.552. The second kappa shape index (κ2) is 10.0. The van der Waals surface area contributed by atoms with E-state index in [2.05, 4.69) is 45.4 Å². The average molecular weight is 189 g/mol. The van der Waals surface area contributed by atoms with Crippen molar-refractivity contribution in [2.24, 2.45) is 5.28 Å². The van der Waals surface area contributed by atoms with Crippen molar-refractivity contribution in [3.63, 3.8) is 0 Å². The molecule has 0 aromatic carbocycles. The fourth-order valence-corrected chi connectivity index (χ4v) is 0.108. The summed E-state index contributed by atoms with van der Waals surface area (Å²) in [5.41, 5.74) is 7.49. The van der Waals surface area contributed by atoms with Crippen molar-refractivity contribution < 1.29 is 45.4 Å². The molecule has 0 aliphatic carbocycles. The van der Waals surface area contributed by atoms with E-state index in [1.54, 1.807) is 0 Å². The Morgan fingerprint density at radius 1 is 1.08 bits per heavy atom. The topological polar surface area (TPSA) is 142 Å². The smallest absolute Gasteiger partial charge is 0.0432 e. The van der Waals surface area contributed by atoms with E-state index >= 15 is 0 Å². The Balaban J connectivity index is 2.77. The molecule has 0 amide bonds. The van der Waals surface area contributed by atoms with Gasteiger partial charge in [-0.2, -0.15) is 5.53 Å². The maximum atomic E-state index is 7.42. The van der Waals surface area contributed by atoms with Gasteiger partial charge in [-0.3, -0.25) is 4.94 Å². The largest absolute Gasteiger partial charge is 0.251 e. The third-order valence-electron chi connectivity index (χ3n) is 0.292. The fourth-order valence-electron chi connectivity index (χ4n) is 0.108. The van der Waals surface area contributed by atoms with E-state index in [1.807, 2.05) is 0 Å². The first-order valence-corrected chi connectivity index (χ1v) is 2.00. The first-order valence-electron chi connectivity index (χ1n) is 2.00. The van der Waals surface area contributed by atoms with Crippen LogP contribution < -0.4 is 5.64 Å². The van der Waals surface area contributed by atoms with Gasteiger partial charge >= 0.3 is 0 Å².